The Balaban J connectivity index is 1.82. The van der Waals surface area contributed by atoms with Crippen LogP contribution in [0.25, 0.3) is 0 Å². The summed E-state index contributed by atoms with van der Waals surface area (Å²) in [5.41, 5.74) is -2.05. The molecule has 2 heterocycles. The molecule has 25 heavy (non-hydrogen) atoms. The molecule has 0 saturated carbocycles. The number of hydrogen-bond acceptors (Lipinski definition) is 4. The van der Waals surface area contributed by atoms with Crippen molar-refractivity contribution in [3.63, 3.8) is 0 Å². The zero-order valence-electron chi connectivity index (χ0n) is 13.6. The second kappa shape index (κ2) is 6.40. The minimum absolute atomic E-state index is 0.285. The zero-order chi connectivity index (χ0) is 18.2. The number of ether oxygens (including phenoxy) is 1. The second-order valence-corrected chi connectivity index (χ2v) is 6.06. The molecule has 0 bridgehead atoms. The van der Waals surface area contributed by atoms with Gasteiger partial charge >= 0.3 is 6.03 Å². The van der Waals surface area contributed by atoms with Gasteiger partial charge in [0.25, 0.3) is 5.91 Å². The van der Waals surface area contributed by atoms with Gasteiger partial charge in [0.05, 0.1) is 13.2 Å². The number of nitrogens with zero attached hydrogens (tertiary/aromatic N) is 2. The second-order valence-electron chi connectivity index (χ2n) is 6.06. The summed E-state index contributed by atoms with van der Waals surface area (Å²) in [6, 6.07) is 1.85. The highest BCUT2D eigenvalue weighted by molar-refractivity contribution is 6.09. The molecule has 9 heteroatoms. The lowest BCUT2D eigenvalue weighted by atomic mass is 9.91. The van der Waals surface area contributed by atoms with Crippen molar-refractivity contribution in [2.24, 2.45) is 0 Å². The van der Waals surface area contributed by atoms with Crippen LogP contribution in [0, 0.1) is 11.6 Å². The van der Waals surface area contributed by atoms with Crippen molar-refractivity contribution in [2.45, 2.75) is 12.5 Å². The van der Waals surface area contributed by atoms with Crippen LogP contribution in [0.1, 0.15) is 12.5 Å². The van der Waals surface area contributed by atoms with Crippen LogP contribution >= 0.6 is 0 Å². The van der Waals surface area contributed by atoms with Crippen LogP contribution in [0.3, 0.4) is 0 Å². The van der Waals surface area contributed by atoms with Crippen molar-refractivity contribution in [1.82, 2.24) is 15.1 Å². The Kier molecular flexibility index (Phi) is 4.42. The highest BCUT2D eigenvalue weighted by Gasteiger charge is 2.51. The largest absolute Gasteiger partial charge is 0.378 e. The fraction of sp³-hybridized carbons (Fsp3) is 0.438. The molecule has 0 radical (unpaired) electrons. The highest BCUT2D eigenvalue weighted by atomic mass is 19.1. The van der Waals surface area contributed by atoms with Crippen LogP contribution in [0.5, 0.6) is 0 Å². The number of urea groups is 1. The highest BCUT2D eigenvalue weighted by Crippen LogP contribution is 2.31. The minimum atomic E-state index is -1.77. The lowest BCUT2D eigenvalue weighted by Crippen LogP contribution is -2.48. The molecule has 0 spiro atoms. The van der Waals surface area contributed by atoms with Gasteiger partial charge < -0.3 is 15.0 Å². The summed E-state index contributed by atoms with van der Waals surface area (Å²) in [6.07, 6.45) is 0. The first kappa shape index (κ1) is 17.3. The van der Waals surface area contributed by atoms with E-state index in [9.17, 15) is 23.2 Å². The van der Waals surface area contributed by atoms with E-state index >= 15 is 0 Å². The molecule has 7 nitrogen and oxygen atoms in total. The van der Waals surface area contributed by atoms with Crippen LogP contribution < -0.4 is 5.32 Å². The van der Waals surface area contributed by atoms with Gasteiger partial charge in [0, 0.05) is 18.7 Å². The zero-order valence-corrected chi connectivity index (χ0v) is 13.6. The van der Waals surface area contributed by atoms with Gasteiger partial charge in [0.2, 0.25) is 5.91 Å². The first-order valence-electron chi connectivity index (χ1n) is 7.78. The molecular weight excluding hydrogens is 336 g/mol. The first-order valence-corrected chi connectivity index (χ1v) is 7.78. The minimum Gasteiger partial charge on any atom is -0.378 e. The number of rotatable bonds is 3. The fourth-order valence-electron chi connectivity index (χ4n) is 2.95. The molecule has 4 amide bonds. The van der Waals surface area contributed by atoms with E-state index in [0.717, 1.165) is 23.1 Å². The molecule has 1 aromatic rings. The molecule has 0 aromatic heterocycles. The third-order valence-electron chi connectivity index (χ3n) is 4.40. The molecule has 2 aliphatic heterocycles. The lowest BCUT2D eigenvalue weighted by molar-refractivity contribution is -0.141. The maximum absolute atomic E-state index is 14.1. The van der Waals surface area contributed by atoms with Gasteiger partial charge in [-0.25, -0.2) is 13.6 Å². The quantitative estimate of drug-likeness (QED) is 0.807. The van der Waals surface area contributed by atoms with Gasteiger partial charge in [0.15, 0.2) is 0 Å². The molecule has 2 aliphatic rings. The third kappa shape index (κ3) is 3.07. The molecular formula is C16H17F2N3O4. The van der Waals surface area contributed by atoms with Crippen LogP contribution in [-0.4, -0.2) is 60.5 Å². The van der Waals surface area contributed by atoms with Crippen molar-refractivity contribution < 1.29 is 27.9 Å². The topological polar surface area (TPSA) is 79.0 Å². The Morgan fingerprint density at radius 2 is 1.96 bits per heavy atom. The Morgan fingerprint density at radius 3 is 2.64 bits per heavy atom. The number of carbonyl (C=O) groups is 3. The van der Waals surface area contributed by atoms with E-state index in [-0.39, 0.29) is 5.56 Å². The first-order chi connectivity index (χ1) is 11.8. The molecule has 1 N–H and O–H groups in total. The van der Waals surface area contributed by atoms with E-state index < -0.39 is 41.6 Å². The summed E-state index contributed by atoms with van der Waals surface area (Å²) >= 11 is 0. The number of hydrogen-bond donors (Lipinski definition) is 1. The molecule has 0 aliphatic carbocycles. The Hall–Kier alpha value is -2.55. The van der Waals surface area contributed by atoms with Crippen molar-refractivity contribution >= 4 is 17.8 Å². The van der Waals surface area contributed by atoms with Crippen LogP contribution in [0.2, 0.25) is 0 Å². The number of imide groups is 1. The number of halogens is 2. The van der Waals surface area contributed by atoms with Gasteiger partial charge in [-0.1, -0.05) is 0 Å². The smallest absolute Gasteiger partial charge is 0.325 e. The predicted octanol–water partition coefficient (Wildman–Crippen LogP) is 0.591. The van der Waals surface area contributed by atoms with Crippen LogP contribution in [0.15, 0.2) is 18.2 Å². The molecule has 1 atom stereocenters. The van der Waals surface area contributed by atoms with Crippen LogP contribution in [0.4, 0.5) is 13.6 Å². The summed E-state index contributed by atoms with van der Waals surface area (Å²) in [5, 5.41) is 2.36. The SMILES string of the molecule is C[C@@]1(c2cc(F)ccc2F)NC(=O)N(CC(=O)N2CCOCC2)C1=O. The van der Waals surface area contributed by atoms with Gasteiger partial charge in [0.1, 0.15) is 23.7 Å². The number of morpholine rings is 1. The Bertz CT molecular complexity index is 736. The van der Waals surface area contributed by atoms with Gasteiger partial charge in [-0.05, 0) is 25.1 Å². The van der Waals surface area contributed by atoms with E-state index in [1.54, 1.807) is 0 Å². The van der Waals surface area contributed by atoms with Gasteiger partial charge in [-0.2, -0.15) is 0 Å². The van der Waals surface area contributed by atoms with Crippen molar-refractivity contribution in [2.75, 3.05) is 32.8 Å². The standard InChI is InChI=1S/C16H17F2N3O4/c1-16(11-8-10(17)2-3-12(11)18)14(23)21(15(24)19-16)9-13(22)20-4-6-25-7-5-20/h2-3,8H,4-7,9H2,1H3,(H,19,24)/t16-/m0/s1. The summed E-state index contributed by atoms with van der Waals surface area (Å²) in [7, 11) is 0. The molecule has 0 unspecified atom stereocenters. The van der Waals surface area contributed by atoms with Crippen LogP contribution in [-0.2, 0) is 19.9 Å². The lowest BCUT2D eigenvalue weighted by Gasteiger charge is -2.28. The van der Waals surface area contributed by atoms with Crippen molar-refractivity contribution in [3.05, 3.63) is 35.4 Å². The normalized spacial score (nSPS) is 23.8. The fourth-order valence-corrected chi connectivity index (χ4v) is 2.95. The van der Waals surface area contributed by atoms with E-state index in [1.165, 1.54) is 11.8 Å². The maximum atomic E-state index is 14.1. The molecule has 134 valence electrons. The Labute approximate surface area is 142 Å². The maximum Gasteiger partial charge on any atom is 0.325 e. The molecule has 3 rings (SSSR count). The number of carbonyl (C=O) groups excluding carboxylic acids is 3. The summed E-state index contributed by atoms with van der Waals surface area (Å²) in [5.74, 6) is -2.76. The average molecular weight is 353 g/mol. The molecule has 2 fully saturated rings. The summed E-state index contributed by atoms with van der Waals surface area (Å²) in [4.78, 5) is 39.3. The number of amides is 4. The third-order valence-corrected chi connectivity index (χ3v) is 4.40. The monoisotopic (exact) mass is 353 g/mol. The predicted molar refractivity (Wildman–Crippen MR) is 81.4 cm³/mol. The van der Waals surface area contributed by atoms with E-state index in [1.807, 2.05) is 0 Å². The number of nitrogens with one attached hydrogen (secondary N) is 1. The molecule has 1 aromatic carbocycles. The van der Waals surface area contributed by atoms with E-state index in [0.29, 0.717) is 26.3 Å². The Morgan fingerprint density at radius 1 is 1.28 bits per heavy atom. The van der Waals surface area contributed by atoms with Gasteiger partial charge in [-0.15, -0.1) is 0 Å². The van der Waals surface area contributed by atoms with Gasteiger partial charge in [-0.3, -0.25) is 14.5 Å². The average Bonchev–Trinajstić information content (AvgIpc) is 2.81. The van der Waals surface area contributed by atoms with E-state index in [2.05, 4.69) is 5.32 Å². The molecule has 2 saturated heterocycles. The summed E-state index contributed by atoms with van der Waals surface area (Å²) in [6.45, 7) is 2.34. The summed E-state index contributed by atoms with van der Waals surface area (Å²) < 4.78 is 32.7. The van der Waals surface area contributed by atoms with Crippen molar-refractivity contribution in [3.8, 4) is 0 Å². The number of benzene rings is 1. The van der Waals surface area contributed by atoms with E-state index in [4.69, 9.17) is 4.74 Å². The van der Waals surface area contributed by atoms with Crippen molar-refractivity contribution in [1.29, 1.82) is 0 Å².